The van der Waals surface area contributed by atoms with Crippen molar-refractivity contribution in [3.05, 3.63) is 72.9 Å². The summed E-state index contributed by atoms with van der Waals surface area (Å²) in [5.41, 5.74) is 0. The molecule has 1 rings (SSSR count). The average molecular weight is 803 g/mol. The number of allylic oxidation sites excluding steroid dienone is 12. The highest BCUT2D eigenvalue weighted by molar-refractivity contribution is 5.70. The summed E-state index contributed by atoms with van der Waals surface area (Å²) in [7, 11) is 0. The van der Waals surface area contributed by atoms with Gasteiger partial charge in [-0.25, -0.2) is 0 Å². The predicted octanol–water partition coefficient (Wildman–Crippen LogP) is 9.22. The Hall–Kier alpha value is -2.86. The largest absolute Gasteiger partial charge is 0.462 e. The summed E-state index contributed by atoms with van der Waals surface area (Å²) in [5, 5.41) is 40.0. The number of hydrogen-bond donors (Lipinski definition) is 4. The number of hydrogen-bond acceptors (Lipinski definition) is 10. The molecule has 10 nitrogen and oxygen atoms in total. The van der Waals surface area contributed by atoms with E-state index in [4.69, 9.17) is 18.9 Å². The summed E-state index contributed by atoms with van der Waals surface area (Å²) < 4.78 is 22.1. The monoisotopic (exact) mass is 803 g/mol. The van der Waals surface area contributed by atoms with Gasteiger partial charge < -0.3 is 39.4 Å². The molecule has 6 atom stereocenters. The van der Waals surface area contributed by atoms with E-state index < -0.39 is 55.4 Å². The van der Waals surface area contributed by atoms with Gasteiger partial charge in [-0.05, 0) is 77.0 Å². The number of aliphatic hydroxyl groups excluding tert-OH is 4. The van der Waals surface area contributed by atoms with Crippen molar-refractivity contribution in [3.63, 3.8) is 0 Å². The third-order valence-corrected chi connectivity index (χ3v) is 9.58. The molecule has 0 aromatic rings. The minimum absolute atomic E-state index is 0.191. The molecule has 57 heavy (non-hydrogen) atoms. The second-order valence-electron chi connectivity index (χ2n) is 14.8. The molecular weight excluding hydrogens is 725 g/mol. The van der Waals surface area contributed by atoms with E-state index in [1.165, 1.54) is 51.4 Å². The van der Waals surface area contributed by atoms with Gasteiger partial charge in [-0.3, -0.25) is 9.59 Å². The smallest absolute Gasteiger partial charge is 0.306 e. The number of esters is 2. The first-order chi connectivity index (χ1) is 27.8. The number of aliphatic hydroxyl groups is 4. The first-order valence-corrected chi connectivity index (χ1v) is 22.0. The van der Waals surface area contributed by atoms with Gasteiger partial charge in [0, 0.05) is 12.8 Å². The number of carbonyl (C=O) groups excluding carboxylic acids is 2. The van der Waals surface area contributed by atoms with E-state index in [0.717, 1.165) is 64.2 Å². The molecule has 0 aromatic carbocycles. The Morgan fingerprint density at radius 3 is 1.63 bits per heavy atom. The molecule has 10 heteroatoms. The summed E-state index contributed by atoms with van der Waals surface area (Å²) in [4.78, 5) is 25.3. The van der Waals surface area contributed by atoms with E-state index in [1.807, 2.05) is 6.08 Å². The molecule has 1 heterocycles. The Morgan fingerprint density at radius 2 is 1.05 bits per heavy atom. The Kier molecular flexibility index (Phi) is 34.2. The fourth-order valence-electron chi connectivity index (χ4n) is 6.10. The van der Waals surface area contributed by atoms with Crippen LogP contribution in [-0.2, 0) is 28.5 Å². The first-order valence-electron chi connectivity index (χ1n) is 22.0. The maximum atomic E-state index is 12.7. The van der Waals surface area contributed by atoms with Gasteiger partial charge in [0.05, 0.1) is 13.2 Å². The summed E-state index contributed by atoms with van der Waals surface area (Å²) >= 11 is 0. The Balaban J connectivity index is 2.40. The van der Waals surface area contributed by atoms with Crippen LogP contribution in [0.5, 0.6) is 0 Å². The minimum Gasteiger partial charge on any atom is -0.462 e. The van der Waals surface area contributed by atoms with Crippen LogP contribution in [0.25, 0.3) is 0 Å². The molecule has 0 radical (unpaired) electrons. The lowest BCUT2D eigenvalue weighted by Crippen LogP contribution is -2.59. The molecule has 0 aromatic heterocycles. The van der Waals surface area contributed by atoms with E-state index in [-0.39, 0.29) is 26.1 Å². The topological polar surface area (TPSA) is 152 Å². The van der Waals surface area contributed by atoms with Gasteiger partial charge in [0.25, 0.3) is 0 Å². The van der Waals surface area contributed by atoms with Crippen LogP contribution in [0.4, 0.5) is 0 Å². The number of unbranched alkanes of at least 4 members (excludes halogenated alkanes) is 12. The molecule has 0 aliphatic carbocycles. The SMILES string of the molecule is CC/C=C/C/C=C/C/C=C/C/C=C/C/C=C/CCCC(=O)OC[C@@H](CO[C@H]1O[C@@H](CO)[C@@H](O)C(O)C1O)OC(=O)CCCCC/C=C/CCCCCCCCCC. The molecule has 0 spiro atoms. The zero-order valence-electron chi connectivity index (χ0n) is 35.3. The van der Waals surface area contributed by atoms with Crippen molar-refractivity contribution in [2.45, 2.75) is 192 Å². The lowest BCUT2D eigenvalue weighted by Gasteiger charge is -2.39. The minimum atomic E-state index is -1.61. The van der Waals surface area contributed by atoms with Crippen LogP contribution in [0.1, 0.15) is 155 Å². The van der Waals surface area contributed by atoms with E-state index in [0.29, 0.717) is 12.8 Å². The Bertz CT molecular complexity index is 1160. The molecular formula is C47H78O10. The predicted molar refractivity (Wildman–Crippen MR) is 228 cm³/mol. The molecule has 2 unspecified atom stereocenters. The second-order valence-corrected chi connectivity index (χ2v) is 14.8. The number of rotatable bonds is 35. The van der Waals surface area contributed by atoms with E-state index >= 15 is 0 Å². The highest BCUT2D eigenvalue weighted by atomic mass is 16.7. The molecule has 1 fully saturated rings. The lowest BCUT2D eigenvalue weighted by atomic mass is 9.99. The van der Waals surface area contributed by atoms with Crippen molar-refractivity contribution in [2.24, 2.45) is 0 Å². The fraction of sp³-hybridized carbons (Fsp3) is 0.702. The average Bonchev–Trinajstić information content (AvgIpc) is 3.21. The van der Waals surface area contributed by atoms with E-state index in [1.54, 1.807) is 0 Å². The van der Waals surface area contributed by atoms with Gasteiger partial charge in [0.1, 0.15) is 31.0 Å². The van der Waals surface area contributed by atoms with Crippen molar-refractivity contribution in [1.82, 2.24) is 0 Å². The molecule has 0 bridgehead atoms. The molecule has 326 valence electrons. The summed E-state index contributed by atoms with van der Waals surface area (Å²) in [6.45, 7) is 3.22. The van der Waals surface area contributed by atoms with Crippen molar-refractivity contribution in [2.75, 3.05) is 19.8 Å². The van der Waals surface area contributed by atoms with Gasteiger partial charge in [-0.1, -0.05) is 138 Å². The summed E-state index contributed by atoms with van der Waals surface area (Å²) in [6.07, 6.45) is 39.1. The molecule has 1 aliphatic rings. The summed E-state index contributed by atoms with van der Waals surface area (Å²) in [5.74, 6) is -0.899. The maximum Gasteiger partial charge on any atom is 0.306 e. The molecule has 4 N–H and O–H groups in total. The van der Waals surface area contributed by atoms with Crippen molar-refractivity contribution < 1.29 is 49.0 Å². The van der Waals surface area contributed by atoms with Crippen LogP contribution in [0.15, 0.2) is 72.9 Å². The fourth-order valence-corrected chi connectivity index (χ4v) is 6.10. The molecule has 0 saturated carbocycles. The van der Waals surface area contributed by atoms with Crippen LogP contribution in [0.2, 0.25) is 0 Å². The highest BCUT2D eigenvalue weighted by Crippen LogP contribution is 2.22. The zero-order chi connectivity index (χ0) is 41.6. The first kappa shape index (κ1) is 52.2. The van der Waals surface area contributed by atoms with Crippen LogP contribution in [0, 0.1) is 0 Å². The van der Waals surface area contributed by atoms with Gasteiger partial charge in [0.2, 0.25) is 0 Å². The summed E-state index contributed by atoms with van der Waals surface area (Å²) in [6, 6.07) is 0. The van der Waals surface area contributed by atoms with E-state index in [9.17, 15) is 30.0 Å². The maximum absolute atomic E-state index is 12.7. The van der Waals surface area contributed by atoms with Gasteiger partial charge >= 0.3 is 11.9 Å². The third kappa shape index (κ3) is 29.1. The van der Waals surface area contributed by atoms with Crippen LogP contribution in [-0.4, -0.2) is 89.0 Å². The van der Waals surface area contributed by atoms with Gasteiger partial charge in [0.15, 0.2) is 12.4 Å². The normalized spacial score (nSPS) is 21.0. The number of carbonyl (C=O) groups is 2. The van der Waals surface area contributed by atoms with Crippen molar-refractivity contribution in [3.8, 4) is 0 Å². The van der Waals surface area contributed by atoms with Crippen LogP contribution >= 0.6 is 0 Å². The Morgan fingerprint density at radius 1 is 0.561 bits per heavy atom. The van der Waals surface area contributed by atoms with Crippen molar-refractivity contribution in [1.29, 1.82) is 0 Å². The lowest BCUT2D eigenvalue weighted by molar-refractivity contribution is -0.305. The standard InChI is InChI=1S/C47H78O10/c1-3-5-7-9-11-13-15-17-19-20-22-23-25-27-29-31-33-35-42(49)54-38-40(39-55-47-46(53)45(52)44(51)41(37-48)57-47)56-43(50)36-34-32-30-28-26-24-21-18-16-14-12-10-8-6-4-2/h5,7,11,13,17,19,22-24,26-27,29,40-41,44-48,51-53H,3-4,6,8-10,12,14-16,18,20-21,25,28,30-39H2,1-2H3/b7-5+,13-11+,19-17+,23-22+,26-24+,29-27+/t40-,41-,44+,45?,46?,47-/m0/s1. The molecule has 0 amide bonds. The number of ether oxygens (including phenoxy) is 4. The van der Waals surface area contributed by atoms with Gasteiger partial charge in [-0.15, -0.1) is 0 Å². The quantitative estimate of drug-likeness (QED) is 0.0277. The molecule has 1 saturated heterocycles. The highest BCUT2D eigenvalue weighted by Gasteiger charge is 2.44. The molecule has 1 aliphatic heterocycles. The second kappa shape index (κ2) is 37.4. The van der Waals surface area contributed by atoms with Crippen LogP contribution < -0.4 is 0 Å². The van der Waals surface area contributed by atoms with Crippen LogP contribution in [0.3, 0.4) is 0 Å². The zero-order valence-corrected chi connectivity index (χ0v) is 35.3. The third-order valence-electron chi connectivity index (χ3n) is 9.58. The van der Waals surface area contributed by atoms with Gasteiger partial charge in [-0.2, -0.15) is 0 Å². The van der Waals surface area contributed by atoms with Crippen molar-refractivity contribution >= 4 is 11.9 Å². The van der Waals surface area contributed by atoms with E-state index in [2.05, 4.69) is 80.7 Å². The Labute approximate surface area is 344 Å².